The molecule has 3 amide bonds. The summed E-state index contributed by atoms with van der Waals surface area (Å²) in [4.78, 5) is 46.7. The lowest BCUT2D eigenvalue weighted by molar-refractivity contribution is -0.125. The number of benzene rings is 1. The summed E-state index contributed by atoms with van der Waals surface area (Å²) in [5, 5.41) is 5.68. The van der Waals surface area contributed by atoms with Gasteiger partial charge in [-0.2, -0.15) is 0 Å². The van der Waals surface area contributed by atoms with Gasteiger partial charge in [-0.3, -0.25) is 10.1 Å². The predicted molar refractivity (Wildman–Crippen MR) is 145 cm³/mol. The van der Waals surface area contributed by atoms with Gasteiger partial charge < -0.3 is 24.6 Å². The van der Waals surface area contributed by atoms with Crippen molar-refractivity contribution in [2.45, 2.75) is 4.90 Å². The van der Waals surface area contributed by atoms with Gasteiger partial charge >= 0.3 is 6.03 Å². The summed E-state index contributed by atoms with van der Waals surface area (Å²) in [6, 6.07) is 6.46. The largest absolute Gasteiger partial charge is 0.378 e. The minimum absolute atomic E-state index is 0.0680. The number of carbonyl (C=O) groups excluding carboxylic acids is 2. The maximum atomic E-state index is 12.5. The van der Waals surface area contributed by atoms with Crippen molar-refractivity contribution in [1.29, 1.82) is 0 Å². The molecule has 0 spiro atoms. The quantitative estimate of drug-likeness (QED) is 0.344. The summed E-state index contributed by atoms with van der Waals surface area (Å²) in [6.45, 7) is 3.71. The van der Waals surface area contributed by atoms with E-state index in [1.54, 1.807) is 29.2 Å². The zero-order chi connectivity index (χ0) is 26.5. The number of urea groups is 1. The number of hydrogen-bond donors (Lipinski definition) is 2. The van der Waals surface area contributed by atoms with E-state index in [1.165, 1.54) is 24.2 Å². The second kappa shape index (κ2) is 11.9. The maximum Gasteiger partial charge on any atom is 0.326 e. The number of carbonyl (C=O) groups is 2. The highest BCUT2D eigenvalue weighted by Crippen LogP contribution is 2.35. The SMILES string of the molecule is CSc1c(Cl)nc(-c2cnc(NC(=O)Nc3ccc(N4CCOCC4=O)cc3)nc2)nc1N1CCOCC1. The third-order valence-electron chi connectivity index (χ3n) is 5.88. The van der Waals surface area contributed by atoms with Gasteiger partial charge in [0.25, 0.3) is 5.91 Å². The fraction of sp³-hybridized carbons (Fsp3) is 0.333. The fourth-order valence-electron chi connectivity index (χ4n) is 3.99. The topological polar surface area (TPSA) is 135 Å². The minimum atomic E-state index is -0.508. The zero-order valence-corrected chi connectivity index (χ0v) is 22.1. The Morgan fingerprint density at radius 2 is 1.71 bits per heavy atom. The van der Waals surface area contributed by atoms with E-state index in [9.17, 15) is 9.59 Å². The Hall–Kier alpha value is -3.52. The molecule has 2 aliphatic heterocycles. The molecule has 12 nitrogen and oxygen atoms in total. The lowest BCUT2D eigenvalue weighted by atomic mass is 10.2. The molecule has 2 saturated heterocycles. The summed E-state index contributed by atoms with van der Waals surface area (Å²) in [5.74, 6) is 1.16. The zero-order valence-electron chi connectivity index (χ0n) is 20.5. The number of aromatic nitrogens is 4. The van der Waals surface area contributed by atoms with E-state index in [-0.39, 0.29) is 18.5 Å². The number of nitrogens with one attached hydrogen (secondary N) is 2. The van der Waals surface area contributed by atoms with Crippen LogP contribution in [0.15, 0.2) is 41.6 Å². The van der Waals surface area contributed by atoms with Crippen molar-refractivity contribution in [3.63, 3.8) is 0 Å². The van der Waals surface area contributed by atoms with Gasteiger partial charge in [-0.25, -0.2) is 24.7 Å². The molecule has 4 heterocycles. The molecule has 2 fully saturated rings. The molecule has 1 aromatic carbocycles. The number of hydrogen-bond acceptors (Lipinski definition) is 10. The summed E-state index contributed by atoms with van der Waals surface area (Å²) in [5.41, 5.74) is 1.86. The summed E-state index contributed by atoms with van der Waals surface area (Å²) in [6.07, 6.45) is 5.00. The molecule has 0 saturated carbocycles. The lowest BCUT2D eigenvalue weighted by Gasteiger charge is -2.29. The Morgan fingerprint density at radius 3 is 2.39 bits per heavy atom. The summed E-state index contributed by atoms with van der Waals surface area (Å²) < 4.78 is 10.6. The molecule has 2 aromatic heterocycles. The van der Waals surface area contributed by atoms with E-state index < -0.39 is 6.03 Å². The number of ether oxygens (including phenoxy) is 2. The van der Waals surface area contributed by atoms with Crippen molar-refractivity contribution in [1.82, 2.24) is 19.9 Å². The van der Waals surface area contributed by atoms with Crippen LogP contribution in [0.5, 0.6) is 0 Å². The first-order valence-corrected chi connectivity index (χ1v) is 13.4. The molecule has 0 aliphatic carbocycles. The Morgan fingerprint density at radius 1 is 1.00 bits per heavy atom. The minimum Gasteiger partial charge on any atom is -0.378 e. The number of anilines is 4. The molecule has 0 bridgehead atoms. The van der Waals surface area contributed by atoms with Gasteiger partial charge in [0.15, 0.2) is 5.82 Å². The smallest absolute Gasteiger partial charge is 0.326 e. The first-order chi connectivity index (χ1) is 18.5. The third kappa shape index (κ3) is 5.96. The van der Waals surface area contributed by atoms with Gasteiger partial charge in [0.2, 0.25) is 5.95 Å². The van der Waals surface area contributed by atoms with Crippen LogP contribution in [0.1, 0.15) is 0 Å². The number of rotatable bonds is 6. The molecule has 3 aromatic rings. The molecule has 2 aliphatic rings. The number of thioether (sulfide) groups is 1. The van der Waals surface area contributed by atoms with Crippen LogP contribution in [0.25, 0.3) is 11.4 Å². The Labute approximate surface area is 228 Å². The van der Waals surface area contributed by atoms with Crippen LogP contribution in [0, 0.1) is 0 Å². The van der Waals surface area contributed by atoms with E-state index in [4.69, 9.17) is 26.1 Å². The van der Waals surface area contributed by atoms with Gasteiger partial charge in [0.1, 0.15) is 17.6 Å². The second-order valence-electron chi connectivity index (χ2n) is 8.31. The van der Waals surface area contributed by atoms with Gasteiger partial charge in [0, 0.05) is 43.4 Å². The van der Waals surface area contributed by atoms with E-state index >= 15 is 0 Å². The lowest BCUT2D eigenvalue weighted by Crippen LogP contribution is -2.41. The third-order valence-corrected chi connectivity index (χ3v) is 7.05. The Bertz CT molecular complexity index is 1310. The maximum absolute atomic E-state index is 12.5. The summed E-state index contributed by atoms with van der Waals surface area (Å²) >= 11 is 7.97. The standard InChI is InChI=1S/C24H25ClN8O4S/c1-38-19-20(25)29-21(30-22(19)32-6-9-36-10-7-32)15-12-26-23(27-13-15)31-24(35)28-16-2-4-17(5-3-16)33-8-11-37-14-18(33)34/h2-5,12-13H,6-11,14H2,1H3,(H2,26,27,28,31,35). The van der Waals surface area contributed by atoms with Crippen LogP contribution in [0.3, 0.4) is 0 Å². The van der Waals surface area contributed by atoms with Gasteiger partial charge in [0.05, 0.1) is 30.3 Å². The van der Waals surface area contributed by atoms with Crippen LogP contribution in [0.2, 0.25) is 5.15 Å². The Kier molecular flexibility index (Phi) is 8.17. The fourth-order valence-corrected chi connectivity index (χ4v) is 4.96. The van der Waals surface area contributed by atoms with Crippen LogP contribution >= 0.6 is 23.4 Å². The predicted octanol–water partition coefficient (Wildman–Crippen LogP) is 3.15. The molecule has 2 N–H and O–H groups in total. The molecular formula is C24H25ClN8O4S. The van der Waals surface area contributed by atoms with Crippen molar-refractivity contribution < 1.29 is 19.1 Å². The van der Waals surface area contributed by atoms with E-state index in [0.717, 1.165) is 16.4 Å². The van der Waals surface area contributed by atoms with Gasteiger partial charge in [-0.1, -0.05) is 11.6 Å². The molecule has 14 heteroatoms. The Balaban J connectivity index is 1.24. The van der Waals surface area contributed by atoms with Gasteiger partial charge in [-0.15, -0.1) is 11.8 Å². The van der Waals surface area contributed by atoms with E-state index in [0.29, 0.717) is 61.7 Å². The van der Waals surface area contributed by atoms with Gasteiger partial charge in [-0.05, 0) is 30.5 Å². The number of amides is 3. The van der Waals surface area contributed by atoms with Crippen molar-refractivity contribution in [2.24, 2.45) is 0 Å². The molecule has 0 unspecified atom stereocenters. The number of morpholine rings is 2. The average Bonchev–Trinajstić information content (AvgIpc) is 2.94. The van der Waals surface area contributed by atoms with Crippen molar-refractivity contribution in [3.05, 3.63) is 41.8 Å². The van der Waals surface area contributed by atoms with E-state index in [2.05, 4.69) is 30.5 Å². The number of halogens is 1. The van der Waals surface area contributed by atoms with Crippen LogP contribution in [-0.2, 0) is 14.3 Å². The van der Waals surface area contributed by atoms with Crippen LogP contribution < -0.4 is 20.4 Å². The second-order valence-corrected chi connectivity index (χ2v) is 9.49. The van der Waals surface area contributed by atoms with Crippen LogP contribution in [0.4, 0.5) is 27.9 Å². The van der Waals surface area contributed by atoms with Crippen molar-refractivity contribution in [3.8, 4) is 11.4 Å². The highest BCUT2D eigenvalue weighted by Gasteiger charge is 2.22. The first-order valence-electron chi connectivity index (χ1n) is 11.8. The number of nitrogens with zero attached hydrogens (tertiary/aromatic N) is 6. The molecular weight excluding hydrogens is 532 g/mol. The van der Waals surface area contributed by atoms with Crippen molar-refractivity contribution >= 4 is 58.4 Å². The van der Waals surface area contributed by atoms with Crippen LogP contribution in [-0.4, -0.2) is 84.2 Å². The van der Waals surface area contributed by atoms with E-state index in [1.807, 2.05) is 6.26 Å². The highest BCUT2D eigenvalue weighted by atomic mass is 35.5. The molecule has 5 rings (SSSR count). The summed E-state index contributed by atoms with van der Waals surface area (Å²) in [7, 11) is 0. The molecule has 0 atom stereocenters. The average molecular weight is 557 g/mol. The molecule has 0 radical (unpaired) electrons. The first kappa shape index (κ1) is 26.1. The molecule has 38 heavy (non-hydrogen) atoms. The normalized spacial score (nSPS) is 15.9. The molecule has 198 valence electrons. The van der Waals surface area contributed by atoms with Crippen molar-refractivity contribution in [2.75, 3.05) is 72.8 Å². The monoisotopic (exact) mass is 556 g/mol. The highest BCUT2D eigenvalue weighted by molar-refractivity contribution is 7.98.